The van der Waals surface area contributed by atoms with Crippen molar-refractivity contribution < 1.29 is 9.59 Å². The maximum atomic E-state index is 11.7. The van der Waals surface area contributed by atoms with E-state index >= 15 is 0 Å². The number of nitrogens with one attached hydrogen (secondary N) is 1. The lowest BCUT2D eigenvalue weighted by Crippen LogP contribution is -2.34. The van der Waals surface area contributed by atoms with E-state index in [1.807, 2.05) is 18.2 Å². The Morgan fingerprint density at radius 1 is 1.22 bits per heavy atom. The molecule has 0 fully saturated rings. The SMILES string of the molecule is C=C1C=CC(=O)N1CCNC(=O)c1ccccc1. The zero-order chi connectivity index (χ0) is 13.0. The van der Waals surface area contributed by atoms with Crippen LogP contribution in [0.25, 0.3) is 0 Å². The van der Waals surface area contributed by atoms with Crippen molar-refractivity contribution in [1.29, 1.82) is 0 Å². The van der Waals surface area contributed by atoms with Crippen molar-refractivity contribution in [3.63, 3.8) is 0 Å². The van der Waals surface area contributed by atoms with Gasteiger partial charge in [0.1, 0.15) is 0 Å². The lowest BCUT2D eigenvalue weighted by atomic mass is 10.2. The Kier molecular flexibility index (Phi) is 3.57. The zero-order valence-corrected chi connectivity index (χ0v) is 9.93. The van der Waals surface area contributed by atoms with Crippen LogP contribution in [0.4, 0.5) is 0 Å². The van der Waals surface area contributed by atoms with Crippen molar-refractivity contribution in [3.8, 4) is 0 Å². The highest BCUT2D eigenvalue weighted by molar-refractivity contribution is 5.94. The number of nitrogens with zero attached hydrogens (tertiary/aromatic N) is 1. The number of carbonyl (C=O) groups is 2. The Labute approximate surface area is 106 Å². The second-order valence-corrected chi connectivity index (χ2v) is 3.94. The molecule has 0 atom stereocenters. The van der Waals surface area contributed by atoms with Crippen LogP contribution in [0.1, 0.15) is 10.4 Å². The molecule has 1 aromatic rings. The summed E-state index contributed by atoms with van der Waals surface area (Å²) in [7, 11) is 0. The lowest BCUT2D eigenvalue weighted by molar-refractivity contribution is -0.123. The van der Waals surface area contributed by atoms with E-state index in [1.165, 1.54) is 11.0 Å². The summed E-state index contributed by atoms with van der Waals surface area (Å²) in [6.45, 7) is 4.58. The van der Waals surface area contributed by atoms with Crippen LogP contribution in [-0.2, 0) is 4.79 Å². The largest absolute Gasteiger partial charge is 0.350 e. The summed E-state index contributed by atoms with van der Waals surface area (Å²) in [5.74, 6) is -0.227. The molecule has 0 aliphatic carbocycles. The fraction of sp³-hybridized carbons (Fsp3) is 0.143. The van der Waals surface area contributed by atoms with E-state index in [1.54, 1.807) is 18.2 Å². The molecule has 0 spiro atoms. The van der Waals surface area contributed by atoms with E-state index in [4.69, 9.17) is 0 Å². The third-order valence-corrected chi connectivity index (χ3v) is 2.69. The maximum absolute atomic E-state index is 11.7. The van der Waals surface area contributed by atoms with Crippen molar-refractivity contribution in [2.24, 2.45) is 0 Å². The highest BCUT2D eigenvalue weighted by Crippen LogP contribution is 2.11. The first kappa shape index (κ1) is 12.1. The van der Waals surface area contributed by atoms with Crippen molar-refractivity contribution >= 4 is 11.8 Å². The molecular formula is C14H14N2O2. The smallest absolute Gasteiger partial charge is 0.251 e. The monoisotopic (exact) mass is 242 g/mol. The number of hydrogen-bond donors (Lipinski definition) is 1. The molecule has 2 rings (SSSR count). The molecule has 0 saturated carbocycles. The average Bonchev–Trinajstić information content (AvgIpc) is 2.71. The minimum atomic E-state index is -0.138. The standard InChI is InChI=1S/C14H14N2O2/c1-11-7-8-13(17)16(11)10-9-15-14(18)12-5-3-2-4-6-12/h2-8H,1,9-10H2,(H,15,18). The van der Waals surface area contributed by atoms with Gasteiger partial charge in [0.2, 0.25) is 0 Å². The van der Waals surface area contributed by atoms with Gasteiger partial charge >= 0.3 is 0 Å². The summed E-state index contributed by atoms with van der Waals surface area (Å²) in [5.41, 5.74) is 1.27. The summed E-state index contributed by atoms with van der Waals surface area (Å²) >= 11 is 0. The van der Waals surface area contributed by atoms with Gasteiger partial charge in [-0.2, -0.15) is 0 Å². The molecule has 1 heterocycles. The van der Waals surface area contributed by atoms with Crippen LogP contribution < -0.4 is 5.32 Å². The number of allylic oxidation sites excluding steroid dienone is 1. The highest BCUT2D eigenvalue weighted by Gasteiger charge is 2.17. The van der Waals surface area contributed by atoms with Crippen LogP contribution in [0, 0.1) is 0 Å². The maximum Gasteiger partial charge on any atom is 0.251 e. The van der Waals surface area contributed by atoms with Crippen LogP contribution in [0.5, 0.6) is 0 Å². The topological polar surface area (TPSA) is 49.4 Å². The second-order valence-electron chi connectivity index (χ2n) is 3.94. The number of rotatable bonds is 4. The van der Waals surface area contributed by atoms with Crippen LogP contribution >= 0.6 is 0 Å². The molecule has 0 saturated heterocycles. The first-order valence-electron chi connectivity index (χ1n) is 5.70. The summed E-state index contributed by atoms with van der Waals surface area (Å²) in [6.07, 6.45) is 3.14. The third kappa shape index (κ3) is 2.66. The van der Waals surface area contributed by atoms with Gasteiger partial charge in [0.05, 0.1) is 0 Å². The van der Waals surface area contributed by atoms with Crippen molar-refractivity contribution in [2.45, 2.75) is 0 Å². The fourth-order valence-corrected chi connectivity index (χ4v) is 1.72. The van der Waals surface area contributed by atoms with E-state index in [0.717, 1.165) is 0 Å². The summed E-state index contributed by atoms with van der Waals surface area (Å²) < 4.78 is 0. The molecule has 4 nitrogen and oxygen atoms in total. The average molecular weight is 242 g/mol. The van der Waals surface area contributed by atoms with E-state index < -0.39 is 0 Å². The normalized spacial score (nSPS) is 14.1. The summed E-state index contributed by atoms with van der Waals surface area (Å²) in [5, 5.41) is 2.77. The molecule has 0 aromatic heterocycles. The number of hydrogen-bond acceptors (Lipinski definition) is 2. The molecule has 1 N–H and O–H groups in total. The number of benzene rings is 1. The molecule has 18 heavy (non-hydrogen) atoms. The Morgan fingerprint density at radius 2 is 1.94 bits per heavy atom. The first-order chi connectivity index (χ1) is 8.68. The van der Waals surface area contributed by atoms with Crippen molar-refractivity contribution in [1.82, 2.24) is 10.2 Å². The van der Waals surface area contributed by atoms with Crippen LogP contribution in [0.15, 0.2) is 54.8 Å². The molecular weight excluding hydrogens is 228 g/mol. The number of carbonyl (C=O) groups excluding carboxylic acids is 2. The molecule has 92 valence electrons. The Bertz CT molecular complexity index is 488. The van der Waals surface area contributed by atoms with E-state index in [-0.39, 0.29) is 11.8 Å². The molecule has 0 radical (unpaired) electrons. The second kappa shape index (κ2) is 5.31. The van der Waals surface area contributed by atoms with Crippen molar-refractivity contribution in [3.05, 3.63) is 60.3 Å². The van der Waals surface area contributed by atoms with E-state index in [9.17, 15) is 9.59 Å². The predicted molar refractivity (Wildman–Crippen MR) is 68.8 cm³/mol. The zero-order valence-electron chi connectivity index (χ0n) is 9.93. The van der Waals surface area contributed by atoms with Gasteiger partial charge in [-0.05, 0) is 18.2 Å². The Balaban J connectivity index is 1.81. The van der Waals surface area contributed by atoms with Crippen LogP contribution in [-0.4, -0.2) is 29.8 Å². The lowest BCUT2D eigenvalue weighted by Gasteiger charge is -2.17. The predicted octanol–water partition coefficient (Wildman–Crippen LogP) is 1.33. The number of amides is 2. The van der Waals surface area contributed by atoms with Crippen LogP contribution in [0.2, 0.25) is 0 Å². The molecule has 1 aliphatic rings. The molecule has 0 unspecified atom stereocenters. The Morgan fingerprint density at radius 3 is 2.56 bits per heavy atom. The van der Waals surface area contributed by atoms with E-state index in [0.29, 0.717) is 24.4 Å². The van der Waals surface area contributed by atoms with Gasteiger partial charge in [0, 0.05) is 30.4 Å². The molecule has 1 aliphatic heterocycles. The van der Waals surface area contributed by atoms with Crippen LogP contribution in [0.3, 0.4) is 0 Å². The molecule has 4 heteroatoms. The quantitative estimate of drug-likeness (QED) is 0.866. The summed E-state index contributed by atoms with van der Waals surface area (Å²) in [6, 6.07) is 8.97. The van der Waals surface area contributed by atoms with Crippen molar-refractivity contribution in [2.75, 3.05) is 13.1 Å². The minimum absolute atomic E-state index is 0.0889. The first-order valence-corrected chi connectivity index (χ1v) is 5.70. The summed E-state index contributed by atoms with van der Waals surface area (Å²) in [4.78, 5) is 24.7. The third-order valence-electron chi connectivity index (χ3n) is 2.69. The fourth-order valence-electron chi connectivity index (χ4n) is 1.72. The van der Waals surface area contributed by atoms with Gasteiger partial charge < -0.3 is 10.2 Å². The Hall–Kier alpha value is -2.36. The highest BCUT2D eigenvalue weighted by atomic mass is 16.2. The van der Waals surface area contributed by atoms with Gasteiger partial charge in [-0.1, -0.05) is 24.8 Å². The molecule has 2 amide bonds. The van der Waals surface area contributed by atoms with Gasteiger partial charge in [-0.3, -0.25) is 9.59 Å². The van der Waals surface area contributed by atoms with Gasteiger partial charge in [-0.15, -0.1) is 0 Å². The van der Waals surface area contributed by atoms with Gasteiger partial charge in [0.25, 0.3) is 11.8 Å². The minimum Gasteiger partial charge on any atom is -0.350 e. The molecule has 1 aromatic carbocycles. The van der Waals surface area contributed by atoms with Gasteiger partial charge in [0.15, 0.2) is 0 Å². The van der Waals surface area contributed by atoms with E-state index in [2.05, 4.69) is 11.9 Å². The van der Waals surface area contributed by atoms with Gasteiger partial charge in [-0.25, -0.2) is 0 Å². The molecule has 0 bridgehead atoms.